The highest BCUT2D eigenvalue weighted by atomic mass is 16.2. The molecule has 0 atom stereocenters. The zero-order valence-electron chi connectivity index (χ0n) is 18.8. The zero-order valence-corrected chi connectivity index (χ0v) is 18.8. The van der Waals surface area contributed by atoms with Crippen molar-refractivity contribution in [2.45, 2.75) is 69.9 Å². The second-order valence-corrected chi connectivity index (χ2v) is 10.7. The lowest BCUT2D eigenvalue weighted by molar-refractivity contribution is 0.0917. The van der Waals surface area contributed by atoms with E-state index in [1.54, 1.807) is 0 Å². The van der Waals surface area contributed by atoms with E-state index in [1.165, 1.54) is 22.3 Å². The molecule has 1 aromatic carbocycles. The van der Waals surface area contributed by atoms with E-state index >= 15 is 0 Å². The zero-order chi connectivity index (χ0) is 22.1. The van der Waals surface area contributed by atoms with Crippen LogP contribution >= 0.6 is 0 Å². The number of hydrogen-bond donors (Lipinski definition) is 3. The predicted octanol–water partition coefficient (Wildman–Crippen LogP) is 4.33. The number of aryl methyl sites for hydroxylation is 2. The summed E-state index contributed by atoms with van der Waals surface area (Å²) >= 11 is 0. The number of carbonyl (C=O) groups excluding carboxylic acids is 1. The summed E-state index contributed by atoms with van der Waals surface area (Å²) in [4.78, 5) is 21.3. The molecule has 0 saturated heterocycles. The maximum atomic E-state index is 12.9. The standard InChI is InChI=1S/C27H30N4O/c1-26(2,28)10-9-16-3-5-17(6-4-16)21-13-20-18(15-29-21)7-8-19-23-22(30-24(19)20)14-27(11-12-27)31-25(23)32/h3-6,13,15,30H,7-12,14,28H2,1-2H3,(H,31,32). The number of pyridine rings is 1. The number of nitrogens with two attached hydrogens (primary N) is 1. The third-order valence-corrected chi connectivity index (χ3v) is 7.36. The number of rotatable bonds is 4. The molecule has 5 heteroatoms. The topological polar surface area (TPSA) is 83.8 Å². The second kappa shape index (κ2) is 6.79. The van der Waals surface area contributed by atoms with Crippen LogP contribution in [0.2, 0.25) is 0 Å². The number of benzene rings is 1. The van der Waals surface area contributed by atoms with Gasteiger partial charge in [-0.3, -0.25) is 9.78 Å². The summed E-state index contributed by atoms with van der Waals surface area (Å²) in [6.07, 6.45) is 8.86. The van der Waals surface area contributed by atoms with Crippen LogP contribution in [0.15, 0.2) is 36.5 Å². The molecule has 32 heavy (non-hydrogen) atoms. The van der Waals surface area contributed by atoms with Gasteiger partial charge in [0.15, 0.2) is 0 Å². The van der Waals surface area contributed by atoms with Gasteiger partial charge in [-0.1, -0.05) is 24.3 Å². The van der Waals surface area contributed by atoms with E-state index in [0.717, 1.165) is 73.2 Å². The Morgan fingerprint density at radius 2 is 1.94 bits per heavy atom. The highest BCUT2D eigenvalue weighted by Gasteiger charge is 2.49. The van der Waals surface area contributed by atoms with Gasteiger partial charge in [0, 0.05) is 40.5 Å². The van der Waals surface area contributed by atoms with Crippen molar-refractivity contribution in [2.75, 3.05) is 0 Å². The number of carbonyl (C=O) groups is 1. The predicted molar refractivity (Wildman–Crippen MR) is 127 cm³/mol. The van der Waals surface area contributed by atoms with Gasteiger partial charge in [0.1, 0.15) is 0 Å². The number of amides is 1. The van der Waals surface area contributed by atoms with Gasteiger partial charge in [0.05, 0.1) is 17.0 Å². The lowest BCUT2D eigenvalue weighted by Gasteiger charge is -2.24. The van der Waals surface area contributed by atoms with Crippen LogP contribution < -0.4 is 11.1 Å². The fourth-order valence-electron chi connectivity index (χ4n) is 5.26. The minimum atomic E-state index is -0.151. The van der Waals surface area contributed by atoms with Gasteiger partial charge in [-0.2, -0.15) is 0 Å². The SMILES string of the molecule is CC(C)(N)CCc1ccc(-c2cc3c(cn2)CCc2c-3[nH]c3c2C(=O)NC2(CC2)C3)cc1. The van der Waals surface area contributed by atoms with E-state index in [9.17, 15) is 4.79 Å². The molecule has 3 heterocycles. The molecule has 5 nitrogen and oxygen atoms in total. The van der Waals surface area contributed by atoms with E-state index in [0.29, 0.717) is 0 Å². The lowest BCUT2D eigenvalue weighted by atomic mass is 9.87. The van der Waals surface area contributed by atoms with Crippen LogP contribution in [0.5, 0.6) is 0 Å². The largest absolute Gasteiger partial charge is 0.357 e. The molecule has 3 aromatic rings. The first-order chi connectivity index (χ1) is 15.3. The van der Waals surface area contributed by atoms with Gasteiger partial charge in [-0.05, 0) is 75.1 Å². The molecule has 0 radical (unpaired) electrons. The minimum Gasteiger partial charge on any atom is -0.357 e. The Morgan fingerprint density at radius 3 is 2.66 bits per heavy atom. The van der Waals surface area contributed by atoms with Crippen molar-refractivity contribution in [3.8, 4) is 22.5 Å². The Hall–Kier alpha value is -2.92. The maximum Gasteiger partial charge on any atom is 0.253 e. The number of fused-ring (bicyclic) bond motifs is 5. The van der Waals surface area contributed by atoms with Crippen LogP contribution in [0.3, 0.4) is 0 Å². The van der Waals surface area contributed by atoms with E-state index < -0.39 is 0 Å². The van der Waals surface area contributed by atoms with Crippen molar-refractivity contribution in [2.24, 2.45) is 5.73 Å². The van der Waals surface area contributed by atoms with Gasteiger partial charge in [-0.15, -0.1) is 0 Å². The average molecular weight is 427 g/mol. The third-order valence-electron chi connectivity index (χ3n) is 7.36. The summed E-state index contributed by atoms with van der Waals surface area (Å²) in [5.41, 5.74) is 16.1. The first kappa shape index (κ1) is 19.7. The van der Waals surface area contributed by atoms with Crippen molar-refractivity contribution in [3.63, 3.8) is 0 Å². The van der Waals surface area contributed by atoms with Crippen LogP contribution in [0.1, 0.15) is 65.9 Å². The first-order valence-electron chi connectivity index (χ1n) is 11.7. The van der Waals surface area contributed by atoms with Gasteiger partial charge in [-0.25, -0.2) is 0 Å². The van der Waals surface area contributed by atoms with Gasteiger partial charge < -0.3 is 16.0 Å². The Kier molecular flexibility index (Phi) is 4.19. The fourth-order valence-corrected chi connectivity index (χ4v) is 5.26. The van der Waals surface area contributed by atoms with E-state index in [-0.39, 0.29) is 17.0 Å². The molecule has 1 aliphatic heterocycles. The van der Waals surface area contributed by atoms with Crippen LogP contribution in [-0.4, -0.2) is 27.0 Å². The van der Waals surface area contributed by atoms with E-state index in [2.05, 4.69) is 54.5 Å². The normalized spacial score (nSPS) is 18.0. The molecular weight excluding hydrogens is 396 g/mol. The third kappa shape index (κ3) is 3.36. The molecule has 3 aliphatic rings. The highest BCUT2D eigenvalue weighted by molar-refractivity contribution is 6.01. The number of nitrogens with zero attached hydrogens (tertiary/aromatic N) is 1. The average Bonchev–Trinajstić information content (AvgIpc) is 3.38. The number of H-pyrrole nitrogens is 1. The molecule has 1 fully saturated rings. The molecule has 4 N–H and O–H groups in total. The summed E-state index contributed by atoms with van der Waals surface area (Å²) in [6, 6.07) is 10.9. The lowest BCUT2D eigenvalue weighted by Crippen LogP contribution is -2.43. The Labute approximate surface area is 188 Å². The monoisotopic (exact) mass is 426 g/mol. The summed E-state index contributed by atoms with van der Waals surface area (Å²) in [6.45, 7) is 4.14. The highest BCUT2D eigenvalue weighted by Crippen LogP contribution is 2.45. The number of aromatic nitrogens is 2. The summed E-state index contributed by atoms with van der Waals surface area (Å²) in [5, 5.41) is 3.27. The molecule has 2 aliphatic carbocycles. The Balaban J connectivity index is 1.33. The smallest absolute Gasteiger partial charge is 0.253 e. The number of aromatic amines is 1. The van der Waals surface area contributed by atoms with E-state index in [1.807, 2.05) is 6.20 Å². The van der Waals surface area contributed by atoms with Crippen molar-refractivity contribution >= 4 is 5.91 Å². The van der Waals surface area contributed by atoms with Crippen LogP contribution in [0.25, 0.3) is 22.5 Å². The fraction of sp³-hybridized carbons (Fsp3) is 0.407. The maximum absolute atomic E-state index is 12.9. The van der Waals surface area contributed by atoms with Crippen LogP contribution in [-0.2, 0) is 25.7 Å². The Bertz CT molecular complexity index is 1230. The number of hydrogen-bond acceptors (Lipinski definition) is 3. The molecular formula is C27H30N4O. The summed E-state index contributed by atoms with van der Waals surface area (Å²) < 4.78 is 0. The van der Waals surface area contributed by atoms with Gasteiger partial charge in [0.25, 0.3) is 5.91 Å². The molecule has 1 spiro atoms. The summed E-state index contributed by atoms with van der Waals surface area (Å²) in [5.74, 6) is 0.107. The molecule has 6 rings (SSSR count). The minimum absolute atomic E-state index is 0.0185. The summed E-state index contributed by atoms with van der Waals surface area (Å²) in [7, 11) is 0. The molecule has 1 amide bonds. The first-order valence-corrected chi connectivity index (χ1v) is 11.7. The van der Waals surface area contributed by atoms with Crippen LogP contribution in [0.4, 0.5) is 0 Å². The molecule has 0 bridgehead atoms. The molecule has 2 aromatic heterocycles. The van der Waals surface area contributed by atoms with E-state index in [4.69, 9.17) is 10.7 Å². The van der Waals surface area contributed by atoms with Gasteiger partial charge >= 0.3 is 0 Å². The van der Waals surface area contributed by atoms with Crippen molar-refractivity contribution in [1.82, 2.24) is 15.3 Å². The number of nitrogens with one attached hydrogen (secondary N) is 2. The quantitative estimate of drug-likeness (QED) is 0.581. The van der Waals surface area contributed by atoms with Crippen molar-refractivity contribution in [3.05, 3.63) is 64.5 Å². The Morgan fingerprint density at radius 1 is 1.16 bits per heavy atom. The van der Waals surface area contributed by atoms with Crippen LogP contribution in [0, 0.1) is 0 Å². The molecule has 164 valence electrons. The molecule has 0 unspecified atom stereocenters. The van der Waals surface area contributed by atoms with Gasteiger partial charge in [0.2, 0.25) is 0 Å². The second-order valence-electron chi connectivity index (χ2n) is 10.7. The molecule has 1 saturated carbocycles. The van der Waals surface area contributed by atoms with Crippen molar-refractivity contribution in [1.29, 1.82) is 0 Å². The van der Waals surface area contributed by atoms with Crippen molar-refractivity contribution < 1.29 is 4.79 Å².